The van der Waals surface area contributed by atoms with Crippen LogP contribution in [0, 0.1) is 0 Å². The van der Waals surface area contributed by atoms with Gasteiger partial charge in [-0.25, -0.2) is 14.4 Å². The van der Waals surface area contributed by atoms with Gasteiger partial charge in [-0.3, -0.25) is 0 Å². The molecule has 1 unspecified atom stereocenters. The molecular weight excluding hydrogens is 351 g/mol. The molecule has 0 N–H and O–H groups in total. The third-order valence-electron chi connectivity index (χ3n) is 2.21. The van der Waals surface area contributed by atoms with Gasteiger partial charge >= 0.3 is 0 Å². The van der Waals surface area contributed by atoms with E-state index in [9.17, 15) is 4.39 Å². The van der Waals surface area contributed by atoms with E-state index >= 15 is 0 Å². The zero-order valence-corrected chi connectivity index (χ0v) is 11.9. The topological polar surface area (TPSA) is 25.2 Å². The maximum Gasteiger partial charge on any atom is 0.183 e. The molecule has 0 bridgehead atoms. The Balaban J connectivity index is 2.29. The molecule has 0 spiro atoms. The molecule has 0 fully saturated rings. The Labute approximate surface area is 116 Å². The van der Waals surface area contributed by atoms with Gasteiger partial charge in [-0.15, -0.1) is 0 Å². The van der Waals surface area contributed by atoms with E-state index in [0.29, 0.717) is 27.0 Å². The Hall–Kier alpha value is -0.810. The number of pyridine rings is 1. The maximum absolute atomic E-state index is 14.2. The highest BCUT2D eigenvalue weighted by Crippen LogP contribution is 2.28. The number of alkyl halides is 1. The van der Waals surface area contributed by atoms with Crippen LogP contribution in [0.15, 0.2) is 51.7 Å². The van der Waals surface area contributed by atoms with Crippen molar-refractivity contribution in [3.05, 3.63) is 52.4 Å². The summed E-state index contributed by atoms with van der Waals surface area (Å²) in [4.78, 5) is 8.26. The fraction of sp³-hybridized carbons (Fsp3) is 0.167. The summed E-state index contributed by atoms with van der Waals surface area (Å²) in [6.45, 7) is 0. The van der Waals surface area contributed by atoms with Gasteiger partial charge in [0, 0.05) is 0 Å². The Bertz CT molecular complexity index is 509. The van der Waals surface area contributed by atoms with E-state index in [-0.39, 0.29) is 0 Å². The van der Waals surface area contributed by atoms with Crippen molar-refractivity contribution in [2.75, 3.05) is 0 Å². The second-order valence-corrected chi connectivity index (χ2v) is 5.07. The van der Waals surface area contributed by atoms with E-state index in [1.165, 1.54) is 0 Å². The van der Waals surface area contributed by atoms with E-state index in [4.69, 9.17) is 0 Å². The molecule has 1 atom stereocenters. The number of allylic oxidation sites excluding steroid dienone is 4. The molecule has 2 heterocycles. The smallest absolute Gasteiger partial charge is 0.183 e. The predicted octanol–water partition coefficient (Wildman–Crippen LogP) is 4.49. The van der Waals surface area contributed by atoms with E-state index in [1.807, 2.05) is 12.2 Å². The van der Waals surface area contributed by atoms with Gasteiger partial charge in [0.15, 0.2) is 6.17 Å². The molecule has 17 heavy (non-hydrogen) atoms. The number of aromatic nitrogens is 1. The number of aliphatic imine (C=N–C) groups is 1. The maximum atomic E-state index is 14.2. The number of halogens is 3. The normalized spacial score (nSPS) is 17.1. The van der Waals surface area contributed by atoms with Crippen molar-refractivity contribution in [1.29, 1.82) is 0 Å². The highest BCUT2D eigenvalue weighted by atomic mass is 79.9. The van der Waals surface area contributed by atoms with Gasteiger partial charge in [0.05, 0.1) is 11.4 Å². The average molecular weight is 360 g/mol. The minimum Gasteiger partial charge on any atom is -0.243 e. The van der Waals surface area contributed by atoms with Gasteiger partial charge in [-0.1, -0.05) is 18.2 Å². The molecule has 1 aliphatic heterocycles. The molecule has 5 heteroatoms. The lowest BCUT2D eigenvalue weighted by Crippen LogP contribution is -1.99. The third-order valence-corrected chi connectivity index (χ3v) is 3.09. The van der Waals surface area contributed by atoms with Gasteiger partial charge in [0.25, 0.3) is 0 Å². The monoisotopic (exact) mass is 358 g/mol. The van der Waals surface area contributed by atoms with E-state index in [1.54, 1.807) is 24.3 Å². The second-order valence-electron chi connectivity index (χ2n) is 3.45. The van der Waals surface area contributed by atoms with Crippen molar-refractivity contribution in [3.8, 4) is 0 Å². The summed E-state index contributed by atoms with van der Waals surface area (Å²) >= 11 is 6.49. The van der Waals surface area contributed by atoms with Crippen molar-refractivity contribution < 1.29 is 4.39 Å². The zero-order chi connectivity index (χ0) is 12.3. The number of rotatable bonds is 2. The number of nitrogens with zero attached hydrogens (tertiary/aromatic N) is 2. The van der Waals surface area contributed by atoms with E-state index in [2.05, 4.69) is 41.8 Å². The van der Waals surface area contributed by atoms with Crippen LogP contribution >= 0.6 is 31.9 Å². The highest BCUT2D eigenvalue weighted by molar-refractivity contribution is 9.18. The van der Waals surface area contributed by atoms with E-state index < -0.39 is 6.17 Å². The van der Waals surface area contributed by atoms with Gasteiger partial charge < -0.3 is 0 Å². The van der Waals surface area contributed by atoms with Crippen molar-refractivity contribution in [1.82, 2.24) is 4.98 Å². The van der Waals surface area contributed by atoms with Crippen LogP contribution in [0.4, 0.5) is 4.39 Å². The molecule has 0 aliphatic carbocycles. The van der Waals surface area contributed by atoms with Gasteiger partial charge in [0.1, 0.15) is 9.22 Å². The largest absolute Gasteiger partial charge is 0.243 e. The van der Waals surface area contributed by atoms with Crippen LogP contribution in [-0.4, -0.2) is 9.60 Å². The van der Waals surface area contributed by atoms with Gasteiger partial charge in [0.2, 0.25) is 0 Å². The van der Waals surface area contributed by atoms with Crippen LogP contribution in [0.3, 0.4) is 0 Å². The van der Waals surface area contributed by atoms with Crippen molar-refractivity contribution in [3.63, 3.8) is 0 Å². The molecule has 0 radical (unpaired) electrons. The fourth-order valence-corrected chi connectivity index (χ4v) is 2.19. The number of hydrogen-bond acceptors (Lipinski definition) is 2. The predicted molar refractivity (Wildman–Crippen MR) is 74.0 cm³/mol. The van der Waals surface area contributed by atoms with Crippen molar-refractivity contribution >= 4 is 36.5 Å². The first-order chi connectivity index (χ1) is 8.16. The van der Waals surface area contributed by atoms with E-state index in [0.717, 1.165) is 0 Å². The summed E-state index contributed by atoms with van der Waals surface area (Å²) in [5.74, 6) is 0. The van der Waals surface area contributed by atoms with Crippen LogP contribution in [0.5, 0.6) is 0 Å². The molecule has 0 saturated heterocycles. The zero-order valence-electron chi connectivity index (χ0n) is 8.78. The molecule has 0 saturated carbocycles. The molecule has 2 rings (SSSR count). The van der Waals surface area contributed by atoms with Crippen LogP contribution in [0.2, 0.25) is 0 Å². The van der Waals surface area contributed by atoms with Crippen LogP contribution in [0.1, 0.15) is 18.3 Å². The fourth-order valence-electron chi connectivity index (χ4n) is 1.44. The Morgan fingerprint density at radius 1 is 1.29 bits per heavy atom. The molecule has 0 aromatic carbocycles. The van der Waals surface area contributed by atoms with Crippen LogP contribution in [0.25, 0.3) is 0 Å². The summed E-state index contributed by atoms with van der Waals surface area (Å²) in [7, 11) is 0. The average Bonchev–Trinajstić information content (AvgIpc) is 2.53. The Morgan fingerprint density at radius 3 is 2.88 bits per heavy atom. The lowest BCUT2D eigenvalue weighted by atomic mass is 10.1. The minimum atomic E-state index is -1.31. The first-order valence-electron chi connectivity index (χ1n) is 5.04. The molecule has 88 valence electrons. The minimum absolute atomic E-state index is 0.358. The Kier molecular flexibility index (Phi) is 4.23. The molecule has 1 aromatic rings. The highest BCUT2D eigenvalue weighted by Gasteiger charge is 2.17. The molecule has 2 nitrogen and oxygen atoms in total. The summed E-state index contributed by atoms with van der Waals surface area (Å²) in [5.41, 5.74) is 0.740. The summed E-state index contributed by atoms with van der Waals surface area (Å²) < 4.78 is 15.5. The number of hydrogen-bond donors (Lipinski definition) is 0. The van der Waals surface area contributed by atoms with Gasteiger partial charge in [-0.2, -0.15) is 0 Å². The van der Waals surface area contributed by atoms with Crippen LogP contribution < -0.4 is 0 Å². The second kappa shape index (κ2) is 5.69. The Morgan fingerprint density at radius 2 is 2.12 bits per heavy atom. The lowest BCUT2D eigenvalue weighted by molar-refractivity contribution is 0.383. The van der Waals surface area contributed by atoms with Crippen molar-refractivity contribution in [2.24, 2.45) is 4.99 Å². The molecular formula is C12H9Br2FN2. The van der Waals surface area contributed by atoms with Gasteiger partial charge in [-0.05, 0) is 56.5 Å². The quantitative estimate of drug-likeness (QED) is 0.714. The first-order valence-corrected chi connectivity index (χ1v) is 6.63. The molecule has 1 aromatic heterocycles. The summed E-state index contributed by atoms with van der Waals surface area (Å²) in [6.07, 6.45) is 4.85. The summed E-state index contributed by atoms with van der Waals surface area (Å²) in [6, 6.07) is 5.17. The van der Waals surface area contributed by atoms with Crippen molar-refractivity contribution in [2.45, 2.75) is 12.6 Å². The third kappa shape index (κ3) is 3.33. The first kappa shape index (κ1) is 12.6. The molecule has 0 amide bonds. The lowest BCUT2D eigenvalue weighted by Gasteiger charge is -2.08. The standard InChI is InChI=1S/C12H9Br2FN2/c13-10-6-2-1-4-8(16-10)12(15)9-5-3-7-11(14)17-9/h2-7,12H,1H2. The van der Waals surface area contributed by atoms with Crippen LogP contribution in [-0.2, 0) is 0 Å². The summed E-state index contributed by atoms with van der Waals surface area (Å²) in [5, 5.41) is 0. The molecule has 1 aliphatic rings. The SMILES string of the molecule is FC(C1=CCC=CC(Br)=N1)c1cccc(Br)n1.